The molecule has 1 aliphatic carbocycles. The Kier molecular flexibility index (Phi) is 4.93. The molecule has 0 aromatic heterocycles. The zero-order valence-corrected chi connectivity index (χ0v) is 15.2. The molecular weight excluding hydrogens is 330 g/mol. The Morgan fingerprint density at radius 3 is 2.85 bits per heavy atom. The summed E-state index contributed by atoms with van der Waals surface area (Å²) < 4.78 is 5.31. The van der Waals surface area contributed by atoms with Crippen LogP contribution in [0.2, 0.25) is 0 Å². The van der Waals surface area contributed by atoms with Crippen molar-refractivity contribution in [3.8, 4) is 0 Å². The molecule has 3 rings (SSSR count). The van der Waals surface area contributed by atoms with E-state index in [-0.39, 0.29) is 11.9 Å². The third-order valence-electron chi connectivity index (χ3n) is 3.97. The average molecular weight is 353 g/mol. The van der Waals surface area contributed by atoms with Crippen LogP contribution in [0.5, 0.6) is 0 Å². The first-order valence-corrected chi connectivity index (χ1v) is 8.62. The highest BCUT2D eigenvalue weighted by molar-refractivity contribution is 6.34. The number of aliphatic imine (C=N–C) groups is 1. The third kappa shape index (κ3) is 4.20. The van der Waals surface area contributed by atoms with Gasteiger partial charge in [-0.25, -0.2) is 4.79 Å². The fourth-order valence-electron chi connectivity index (χ4n) is 2.94. The normalized spacial score (nSPS) is 19.5. The van der Waals surface area contributed by atoms with Gasteiger partial charge in [0.25, 0.3) is 5.91 Å². The summed E-state index contributed by atoms with van der Waals surface area (Å²) in [7, 11) is 0. The third-order valence-corrected chi connectivity index (χ3v) is 3.97. The van der Waals surface area contributed by atoms with E-state index in [9.17, 15) is 9.59 Å². The van der Waals surface area contributed by atoms with Crippen LogP contribution in [0.4, 0.5) is 10.5 Å². The standard InChI is InChI=1S/C20H23N3O3/c1-20(2,3)26-19(25)22-15-8-6-9-16(11-15)23-17-10-5-4-7-14(17)12-21-13-18(23)24/h4-10,13,15H,11-12H2,1-3H3,(H,22,25). The van der Waals surface area contributed by atoms with Crippen LogP contribution in [0.3, 0.4) is 0 Å². The SMILES string of the molecule is CC(C)(C)OC(=O)NC1C=CC=C(N2C(=O)C=NCc3ccccc32)C1. The van der Waals surface area contributed by atoms with Gasteiger partial charge >= 0.3 is 6.09 Å². The molecule has 26 heavy (non-hydrogen) atoms. The lowest BCUT2D eigenvalue weighted by Crippen LogP contribution is -2.41. The molecule has 1 unspecified atom stereocenters. The lowest BCUT2D eigenvalue weighted by molar-refractivity contribution is -0.111. The summed E-state index contributed by atoms with van der Waals surface area (Å²) in [5.41, 5.74) is 2.06. The molecule has 0 spiro atoms. The minimum atomic E-state index is -0.558. The summed E-state index contributed by atoms with van der Waals surface area (Å²) in [4.78, 5) is 30.5. The Morgan fingerprint density at radius 1 is 1.31 bits per heavy atom. The molecule has 1 atom stereocenters. The minimum absolute atomic E-state index is 0.187. The number of nitrogens with zero attached hydrogens (tertiary/aromatic N) is 2. The quantitative estimate of drug-likeness (QED) is 0.886. The van der Waals surface area contributed by atoms with Gasteiger partial charge in [0, 0.05) is 12.1 Å². The lowest BCUT2D eigenvalue weighted by Gasteiger charge is -2.29. The number of fused-ring (bicyclic) bond motifs is 1. The molecular formula is C20H23N3O3. The summed E-state index contributed by atoms with van der Waals surface area (Å²) in [5.74, 6) is -0.187. The molecule has 1 aromatic rings. The van der Waals surface area contributed by atoms with E-state index >= 15 is 0 Å². The Morgan fingerprint density at radius 2 is 2.08 bits per heavy atom. The van der Waals surface area contributed by atoms with E-state index in [0.29, 0.717) is 13.0 Å². The molecule has 1 aliphatic heterocycles. The molecule has 6 nitrogen and oxygen atoms in total. The second-order valence-corrected chi connectivity index (χ2v) is 7.27. The fraction of sp³-hybridized carbons (Fsp3) is 0.350. The smallest absolute Gasteiger partial charge is 0.408 e. The Labute approximate surface area is 153 Å². The molecule has 0 saturated carbocycles. The van der Waals surface area contributed by atoms with E-state index in [4.69, 9.17) is 4.74 Å². The maximum Gasteiger partial charge on any atom is 0.408 e. The van der Waals surface area contributed by atoms with Crippen molar-refractivity contribution in [2.24, 2.45) is 4.99 Å². The van der Waals surface area contributed by atoms with Crippen molar-refractivity contribution in [2.75, 3.05) is 4.90 Å². The average Bonchev–Trinajstić information content (AvgIpc) is 2.71. The number of anilines is 1. The van der Waals surface area contributed by atoms with E-state index < -0.39 is 11.7 Å². The number of alkyl carbamates (subject to hydrolysis) is 1. The van der Waals surface area contributed by atoms with Crippen LogP contribution in [0.15, 0.2) is 53.2 Å². The highest BCUT2D eigenvalue weighted by atomic mass is 16.6. The van der Waals surface area contributed by atoms with Gasteiger partial charge < -0.3 is 10.1 Å². The number of para-hydroxylation sites is 1. The molecule has 1 N–H and O–H groups in total. The van der Waals surface area contributed by atoms with Crippen molar-refractivity contribution >= 4 is 23.9 Å². The number of rotatable bonds is 2. The molecule has 0 bridgehead atoms. The summed E-state index contributed by atoms with van der Waals surface area (Å²) in [6.45, 7) is 5.93. The second-order valence-electron chi connectivity index (χ2n) is 7.27. The first kappa shape index (κ1) is 17.9. The largest absolute Gasteiger partial charge is 0.444 e. The van der Waals surface area contributed by atoms with E-state index in [1.54, 1.807) is 4.90 Å². The lowest BCUT2D eigenvalue weighted by atomic mass is 10.0. The van der Waals surface area contributed by atoms with Crippen LogP contribution in [-0.2, 0) is 16.1 Å². The molecule has 2 amide bonds. The van der Waals surface area contributed by atoms with E-state index in [2.05, 4.69) is 10.3 Å². The predicted octanol–water partition coefficient (Wildman–Crippen LogP) is 3.34. The van der Waals surface area contributed by atoms with Crippen LogP contribution in [0.25, 0.3) is 0 Å². The van der Waals surface area contributed by atoms with Gasteiger partial charge in [-0.2, -0.15) is 0 Å². The van der Waals surface area contributed by atoms with Gasteiger partial charge in [0.2, 0.25) is 0 Å². The molecule has 6 heteroatoms. The fourth-order valence-corrected chi connectivity index (χ4v) is 2.94. The van der Waals surface area contributed by atoms with Crippen molar-refractivity contribution in [1.29, 1.82) is 0 Å². The number of hydrogen-bond acceptors (Lipinski definition) is 4. The zero-order chi connectivity index (χ0) is 18.7. The molecule has 2 aliphatic rings. The highest BCUT2D eigenvalue weighted by Gasteiger charge is 2.27. The van der Waals surface area contributed by atoms with Crippen molar-refractivity contribution < 1.29 is 14.3 Å². The van der Waals surface area contributed by atoms with Gasteiger partial charge in [-0.3, -0.25) is 14.7 Å². The van der Waals surface area contributed by atoms with Gasteiger partial charge in [-0.15, -0.1) is 0 Å². The number of carbonyl (C=O) groups excluding carboxylic acids is 2. The van der Waals surface area contributed by atoms with Gasteiger partial charge in [-0.1, -0.05) is 30.4 Å². The zero-order valence-electron chi connectivity index (χ0n) is 15.2. The number of allylic oxidation sites excluding steroid dienone is 2. The monoisotopic (exact) mass is 353 g/mol. The van der Waals surface area contributed by atoms with Gasteiger partial charge in [-0.05, 0) is 38.5 Å². The van der Waals surface area contributed by atoms with Crippen LogP contribution >= 0.6 is 0 Å². The minimum Gasteiger partial charge on any atom is -0.444 e. The topological polar surface area (TPSA) is 71.0 Å². The van der Waals surface area contributed by atoms with Crippen molar-refractivity contribution in [2.45, 2.75) is 45.4 Å². The first-order chi connectivity index (χ1) is 12.3. The van der Waals surface area contributed by atoms with Crippen molar-refractivity contribution in [1.82, 2.24) is 5.32 Å². The Hall–Kier alpha value is -2.89. The number of benzene rings is 1. The summed E-state index contributed by atoms with van der Waals surface area (Å²) in [5, 5.41) is 2.84. The van der Waals surface area contributed by atoms with Gasteiger partial charge in [0.1, 0.15) is 5.60 Å². The summed E-state index contributed by atoms with van der Waals surface area (Å²) in [6.07, 6.45) is 6.99. The number of carbonyl (C=O) groups is 2. The second kappa shape index (κ2) is 7.15. The van der Waals surface area contributed by atoms with Crippen LogP contribution < -0.4 is 10.2 Å². The molecule has 1 aromatic carbocycles. The van der Waals surface area contributed by atoms with Crippen LogP contribution in [0.1, 0.15) is 32.8 Å². The highest BCUT2D eigenvalue weighted by Crippen LogP contribution is 2.29. The first-order valence-electron chi connectivity index (χ1n) is 8.62. The van der Waals surface area contributed by atoms with Gasteiger partial charge in [0.15, 0.2) is 0 Å². The molecule has 1 heterocycles. The molecule has 0 radical (unpaired) electrons. The molecule has 0 fully saturated rings. The Bertz CT molecular complexity index is 803. The van der Waals surface area contributed by atoms with Crippen molar-refractivity contribution in [3.63, 3.8) is 0 Å². The summed E-state index contributed by atoms with van der Waals surface area (Å²) >= 11 is 0. The molecule has 0 saturated heterocycles. The maximum atomic E-state index is 12.6. The summed E-state index contributed by atoms with van der Waals surface area (Å²) in [6, 6.07) is 7.47. The van der Waals surface area contributed by atoms with Crippen molar-refractivity contribution in [3.05, 3.63) is 53.8 Å². The predicted molar refractivity (Wildman–Crippen MR) is 101 cm³/mol. The number of ether oxygens (including phenoxy) is 1. The number of hydrogen-bond donors (Lipinski definition) is 1. The number of nitrogens with one attached hydrogen (secondary N) is 1. The van der Waals surface area contributed by atoms with E-state index in [1.165, 1.54) is 6.21 Å². The maximum absolute atomic E-state index is 12.6. The number of amides is 2. The van der Waals surface area contributed by atoms with E-state index in [1.807, 2.05) is 63.3 Å². The van der Waals surface area contributed by atoms with Crippen LogP contribution in [0, 0.1) is 0 Å². The van der Waals surface area contributed by atoms with Gasteiger partial charge in [0.05, 0.1) is 24.5 Å². The van der Waals surface area contributed by atoms with Crippen LogP contribution in [-0.4, -0.2) is 29.9 Å². The Balaban J connectivity index is 1.78. The molecule has 136 valence electrons. The van der Waals surface area contributed by atoms with E-state index in [0.717, 1.165) is 16.9 Å².